The minimum Gasteiger partial charge on any atom is -0.383 e. The third-order valence-electron chi connectivity index (χ3n) is 2.54. The third kappa shape index (κ3) is 3.22. The van der Waals surface area contributed by atoms with E-state index in [-0.39, 0.29) is 0 Å². The Bertz CT molecular complexity index is 478. The van der Waals surface area contributed by atoms with Crippen LogP contribution < -0.4 is 0 Å². The highest BCUT2D eigenvalue weighted by Gasteiger charge is 2.02. The number of hydrogen-bond donors (Lipinski definition) is 0. The van der Waals surface area contributed by atoms with Crippen molar-refractivity contribution in [2.24, 2.45) is 0 Å². The zero-order valence-electron chi connectivity index (χ0n) is 10.3. The average Bonchev–Trinajstić information content (AvgIpc) is 2.90. The van der Waals surface area contributed by atoms with Crippen LogP contribution in [0.2, 0.25) is 0 Å². The molecule has 0 bridgehead atoms. The van der Waals surface area contributed by atoms with Crippen LogP contribution in [0.15, 0.2) is 83.7 Å². The van der Waals surface area contributed by atoms with Gasteiger partial charge >= 0.3 is 0 Å². The summed E-state index contributed by atoms with van der Waals surface area (Å²) in [6.07, 6.45) is 23.1. The Hall–Kier alpha value is -2.02. The molecule has 17 heavy (non-hydrogen) atoms. The minimum atomic E-state index is 1.24. The summed E-state index contributed by atoms with van der Waals surface area (Å²) in [6.45, 7) is 0. The van der Waals surface area contributed by atoms with Crippen LogP contribution >= 0.6 is 0 Å². The van der Waals surface area contributed by atoms with Gasteiger partial charge in [-0.05, 0) is 16.7 Å². The molecule has 0 aromatic heterocycles. The lowest BCUT2D eigenvalue weighted by Crippen LogP contribution is -2.02. The quantitative estimate of drug-likeness (QED) is 0.707. The van der Waals surface area contributed by atoms with Gasteiger partial charge in [0.1, 0.15) is 0 Å². The van der Waals surface area contributed by atoms with Gasteiger partial charge < -0.3 is 4.90 Å². The molecule has 0 aromatic rings. The third-order valence-corrected chi connectivity index (χ3v) is 2.54. The molecule has 0 amide bonds. The van der Waals surface area contributed by atoms with Crippen molar-refractivity contribution < 1.29 is 0 Å². The largest absolute Gasteiger partial charge is 0.383 e. The van der Waals surface area contributed by atoms with Crippen LogP contribution in [0.3, 0.4) is 0 Å². The van der Waals surface area contributed by atoms with E-state index in [4.69, 9.17) is 0 Å². The molecule has 0 radical (unpaired) electrons. The molecule has 1 nitrogen and oxygen atoms in total. The molecule has 0 saturated heterocycles. The van der Waals surface area contributed by atoms with Gasteiger partial charge in [0.25, 0.3) is 0 Å². The molecule has 0 N–H and O–H groups in total. The van der Waals surface area contributed by atoms with Crippen molar-refractivity contribution >= 4 is 0 Å². The van der Waals surface area contributed by atoms with Crippen molar-refractivity contribution in [1.82, 2.24) is 4.90 Å². The molecule has 2 aliphatic rings. The fourth-order valence-electron chi connectivity index (χ4n) is 1.76. The van der Waals surface area contributed by atoms with E-state index < -0.39 is 0 Å². The van der Waals surface area contributed by atoms with E-state index in [0.29, 0.717) is 0 Å². The molecule has 86 valence electrons. The highest BCUT2D eigenvalue weighted by atomic mass is 15.0. The molecule has 0 unspecified atom stereocenters. The molecule has 0 aromatic carbocycles. The predicted molar refractivity (Wildman–Crippen MR) is 74.5 cm³/mol. The Balaban J connectivity index is 2.05. The Labute approximate surface area is 103 Å². The lowest BCUT2D eigenvalue weighted by molar-refractivity contribution is 0.561. The van der Waals surface area contributed by atoms with Gasteiger partial charge in [-0.1, -0.05) is 60.8 Å². The minimum absolute atomic E-state index is 1.24. The average molecular weight is 223 g/mol. The Morgan fingerprint density at radius 3 is 2.47 bits per heavy atom. The molecule has 0 atom stereocenters. The summed E-state index contributed by atoms with van der Waals surface area (Å²) in [4.78, 5) is 2.06. The van der Waals surface area contributed by atoms with E-state index in [1.807, 2.05) is 26.2 Å². The van der Waals surface area contributed by atoms with Gasteiger partial charge in [0, 0.05) is 20.3 Å². The zero-order valence-corrected chi connectivity index (χ0v) is 10.3. The van der Waals surface area contributed by atoms with Crippen LogP contribution in [-0.2, 0) is 0 Å². The fourth-order valence-corrected chi connectivity index (χ4v) is 1.76. The molecule has 0 fully saturated rings. The molecule has 1 heteroatoms. The van der Waals surface area contributed by atoms with Gasteiger partial charge in [-0.25, -0.2) is 0 Å². The molecule has 0 saturated carbocycles. The smallest absolute Gasteiger partial charge is 0.00647 e. The summed E-state index contributed by atoms with van der Waals surface area (Å²) >= 11 is 0. The number of hydrogen-bond acceptors (Lipinski definition) is 1. The standard InChI is InChI=1S/C16H17N/c1-17(2)13-16-12-6-11-15(16)10-5-9-14-7-3-4-8-14/h3-13H,1-2H3/b10-5+,16-13-. The number of nitrogens with zero attached hydrogens (tertiary/aromatic N) is 1. The Morgan fingerprint density at radius 1 is 1.00 bits per heavy atom. The lowest BCUT2D eigenvalue weighted by Gasteiger charge is -2.07. The first-order valence-corrected chi connectivity index (χ1v) is 5.76. The summed E-state index contributed by atoms with van der Waals surface area (Å²) in [5.74, 6) is 0. The van der Waals surface area contributed by atoms with Gasteiger partial charge in [-0.15, -0.1) is 0 Å². The molecular formula is C16H17N. The first kappa shape index (κ1) is 11.5. The number of rotatable bonds is 3. The second-order valence-electron chi connectivity index (χ2n) is 4.27. The van der Waals surface area contributed by atoms with Gasteiger partial charge in [0.05, 0.1) is 0 Å². The second kappa shape index (κ2) is 5.35. The van der Waals surface area contributed by atoms with E-state index in [1.165, 1.54) is 16.7 Å². The van der Waals surface area contributed by atoms with Crippen molar-refractivity contribution in [3.63, 3.8) is 0 Å². The normalized spacial score (nSPS) is 19.8. The SMILES string of the molecule is CN(C)/C=C1/C=CC=C1/C=C/C=C1C=CC=C1. The molecule has 0 heterocycles. The zero-order chi connectivity index (χ0) is 12.1. The summed E-state index contributed by atoms with van der Waals surface area (Å²) in [5.41, 5.74) is 3.75. The van der Waals surface area contributed by atoms with Crippen LogP contribution in [-0.4, -0.2) is 19.0 Å². The summed E-state index contributed by atoms with van der Waals surface area (Å²) < 4.78 is 0. The highest BCUT2D eigenvalue weighted by Crippen LogP contribution is 2.20. The van der Waals surface area contributed by atoms with Crippen molar-refractivity contribution in [3.8, 4) is 0 Å². The summed E-state index contributed by atoms with van der Waals surface area (Å²) in [5, 5.41) is 0. The van der Waals surface area contributed by atoms with Crippen LogP contribution in [0, 0.1) is 0 Å². The van der Waals surface area contributed by atoms with E-state index in [1.54, 1.807) is 0 Å². The maximum absolute atomic E-state index is 2.14. The maximum Gasteiger partial charge on any atom is 0.00647 e. The van der Waals surface area contributed by atoms with Crippen LogP contribution in [0.25, 0.3) is 0 Å². The topological polar surface area (TPSA) is 3.24 Å². The van der Waals surface area contributed by atoms with E-state index in [0.717, 1.165) is 0 Å². The summed E-state index contributed by atoms with van der Waals surface area (Å²) in [6, 6.07) is 0. The van der Waals surface area contributed by atoms with Gasteiger partial charge in [-0.2, -0.15) is 0 Å². The van der Waals surface area contributed by atoms with Crippen molar-refractivity contribution in [2.45, 2.75) is 0 Å². The van der Waals surface area contributed by atoms with Crippen molar-refractivity contribution in [2.75, 3.05) is 14.1 Å². The lowest BCUT2D eigenvalue weighted by atomic mass is 10.1. The van der Waals surface area contributed by atoms with E-state index in [2.05, 4.69) is 59.7 Å². The van der Waals surface area contributed by atoms with Gasteiger partial charge in [0.2, 0.25) is 0 Å². The van der Waals surface area contributed by atoms with Crippen LogP contribution in [0.1, 0.15) is 0 Å². The fraction of sp³-hybridized carbons (Fsp3) is 0.125. The van der Waals surface area contributed by atoms with Gasteiger partial charge in [-0.3, -0.25) is 0 Å². The molecular weight excluding hydrogens is 206 g/mol. The van der Waals surface area contributed by atoms with Crippen molar-refractivity contribution in [3.05, 3.63) is 83.7 Å². The molecule has 0 spiro atoms. The molecule has 0 aliphatic heterocycles. The summed E-state index contributed by atoms with van der Waals surface area (Å²) in [7, 11) is 4.08. The van der Waals surface area contributed by atoms with Crippen LogP contribution in [0.4, 0.5) is 0 Å². The molecule has 2 aliphatic carbocycles. The second-order valence-corrected chi connectivity index (χ2v) is 4.27. The first-order valence-electron chi connectivity index (χ1n) is 5.76. The Morgan fingerprint density at radius 2 is 1.76 bits per heavy atom. The maximum atomic E-state index is 2.14. The Kier molecular flexibility index (Phi) is 3.61. The predicted octanol–water partition coefficient (Wildman–Crippen LogP) is 3.54. The van der Waals surface area contributed by atoms with E-state index >= 15 is 0 Å². The van der Waals surface area contributed by atoms with E-state index in [9.17, 15) is 0 Å². The van der Waals surface area contributed by atoms with Crippen molar-refractivity contribution in [1.29, 1.82) is 0 Å². The molecule has 2 rings (SSSR count). The first-order chi connectivity index (χ1) is 8.25. The monoisotopic (exact) mass is 223 g/mol. The number of allylic oxidation sites excluding steroid dienone is 13. The highest BCUT2D eigenvalue weighted by molar-refractivity contribution is 5.54. The van der Waals surface area contributed by atoms with Crippen LogP contribution in [0.5, 0.6) is 0 Å². The van der Waals surface area contributed by atoms with Gasteiger partial charge in [0.15, 0.2) is 0 Å².